The first kappa shape index (κ1) is 28.7. The van der Waals surface area contributed by atoms with Gasteiger partial charge in [-0.05, 0) is 93.7 Å². The highest BCUT2D eigenvalue weighted by atomic mass is 16.5. The zero-order valence-corrected chi connectivity index (χ0v) is 25.7. The highest BCUT2D eigenvalue weighted by molar-refractivity contribution is 5.94. The molecule has 0 N–H and O–H groups in total. The predicted molar refractivity (Wildman–Crippen MR) is 170 cm³/mol. The van der Waals surface area contributed by atoms with Crippen molar-refractivity contribution in [3.8, 4) is 0 Å². The Labute approximate surface area is 259 Å². The van der Waals surface area contributed by atoms with Gasteiger partial charge in [0.15, 0.2) is 0 Å². The fourth-order valence-electron chi connectivity index (χ4n) is 8.32. The van der Waals surface area contributed by atoms with E-state index in [4.69, 9.17) is 9.72 Å². The number of carbonyl (C=O) groups excluding carboxylic acids is 2. The number of para-hydroxylation sites is 2. The number of hydrogen-bond donors (Lipinski definition) is 0. The van der Waals surface area contributed by atoms with Crippen LogP contribution in [0.15, 0.2) is 72.9 Å². The zero-order chi connectivity index (χ0) is 30.3. The first-order valence-electron chi connectivity index (χ1n) is 16.0. The Balaban J connectivity index is 1.04. The standard InChI is InChI=1S/C36H41N5O3/c1-25-38-31-10-6-7-11-33(31)41(25)30-22-28-13-14-29(23-30)40(28)21-18-36(27-8-4-3-5-9-27)16-19-39(20-17-36)34(42)32-15-12-26(24-37-32)35(43)44-2/h3-12,15,24,28-30H,13-14,16-23H2,1-2H3/t28-,29+,30?. The second-order valence-electron chi connectivity index (χ2n) is 12.9. The minimum absolute atomic E-state index is 0.0354. The van der Waals surface area contributed by atoms with Gasteiger partial charge in [-0.1, -0.05) is 42.5 Å². The van der Waals surface area contributed by atoms with E-state index in [2.05, 4.69) is 76.0 Å². The number of amides is 1. The van der Waals surface area contributed by atoms with E-state index in [0.717, 1.165) is 37.1 Å². The molecular weight excluding hydrogens is 550 g/mol. The molecule has 7 rings (SSSR count). The number of ether oxygens (including phenoxy) is 1. The van der Waals surface area contributed by atoms with Gasteiger partial charge < -0.3 is 14.2 Å². The lowest BCUT2D eigenvalue weighted by Crippen LogP contribution is -2.49. The summed E-state index contributed by atoms with van der Waals surface area (Å²) in [5.41, 5.74) is 4.50. The van der Waals surface area contributed by atoms with Gasteiger partial charge in [0.05, 0.1) is 23.7 Å². The van der Waals surface area contributed by atoms with Crippen molar-refractivity contribution >= 4 is 22.9 Å². The van der Waals surface area contributed by atoms with E-state index < -0.39 is 5.97 Å². The Morgan fingerprint density at radius 3 is 2.30 bits per heavy atom. The molecule has 5 heterocycles. The molecule has 8 nitrogen and oxygen atoms in total. The van der Waals surface area contributed by atoms with Crippen LogP contribution in [-0.2, 0) is 10.2 Å². The molecule has 4 aromatic rings. The number of imidazole rings is 1. The highest BCUT2D eigenvalue weighted by Crippen LogP contribution is 2.45. The maximum Gasteiger partial charge on any atom is 0.339 e. The van der Waals surface area contributed by atoms with Gasteiger partial charge in [-0.15, -0.1) is 0 Å². The third-order valence-corrected chi connectivity index (χ3v) is 10.6. The van der Waals surface area contributed by atoms with Gasteiger partial charge in [-0.25, -0.2) is 9.78 Å². The normalized spacial score (nSPS) is 23.1. The van der Waals surface area contributed by atoms with Crippen LogP contribution in [0.25, 0.3) is 11.0 Å². The maximum absolute atomic E-state index is 13.4. The summed E-state index contributed by atoms with van der Waals surface area (Å²) in [5, 5.41) is 0. The van der Waals surface area contributed by atoms with Crippen molar-refractivity contribution in [1.29, 1.82) is 0 Å². The quantitative estimate of drug-likeness (QED) is 0.247. The molecule has 0 radical (unpaired) electrons. The number of esters is 1. The van der Waals surface area contributed by atoms with Crippen LogP contribution in [0, 0.1) is 6.92 Å². The van der Waals surface area contributed by atoms with Crippen LogP contribution in [0.5, 0.6) is 0 Å². The minimum atomic E-state index is -0.454. The molecule has 3 aliphatic heterocycles. The SMILES string of the molecule is COC(=O)c1ccc(C(=O)N2CCC(CCN3[C@@H]4CC[C@H]3CC(n3c(C)nc5ccccc53)C4)(c3ccccc3)CC2)nc1. The van der Waals surface area contributed by atoms with E-state index in [1.165, 1.54) is 50.1 Å². The van der Waals surface area contributed by atoms with E-state index in [1.807, 2.05) is 4.90 Å². The van der Waals surface area contributed by atoms with Crippen molar-refractivity contribution in [2.24, 2.45) is 0 Å². The molecule has 3 saturated heterocycles. The number of nitrogens with zero attached hydrogens (tertiary/aromatic N) is 5. The number of carbonyl (C=O) groups is 2. The molecule has 2 aromatic carbocycles. The van der Waals surface area contributed by atoms with Crippen molar-refractivity contribution in [1.82, 2.24) is 24.3 Å². The van der Waals surface area contributed by atoms with Crippen molar-refractivity contribution in [2.75, 3.05) is 26.7 Å². The van der Waals surface area contributed by atoms with Gasteiger partial charge in [-0.2, -0.15) is 0 Å². The van der Waals surface area contributed by atoms with E-state index in [9.17, 15) is 9.59 Å². The second kappa shape index (κ2) is 11.8. The van der Waals surface area contributed by atoms with Gasteiger partial charge in [0.1, 0.15) is 11.5 Å². The average molecular weight is 592 g/mol. The van der Waals surface area contributed by atoms with Gasteiger partial charge in [0, 0.05) is 37.4 Å². The van der Waals surface area contributed by atoms with Crippen LogP contribution in [0.1, 0.15) is 83.2 Å². The van der Waals surface area contributed by atoms with Crippen molar-refractivity contribution in [3.05, 3.63) is 95.6 Å². The van der Waals surface area contributed by atoms with Crippen LogP contribution in [0.2, 0.25) is 0 Å². The molecule has 3 aliphatic rings. The Morgan fingerprint density at radius 2 is 1.61 bits per heavy atom. The van der Waals surface area contributed by atoms with Gasteiger partial charge >= 0.3 is 5.97 Å². The van der Waals surface area contributed by atoms with E-state index >= 15 is 0 Å². The molecule has 228 valence electrons. The lowest BCUT2D eigenvalue weighted by Gasteiger charge is -2.45. The fraction of sp³-hybridized carbons (Fsp3) is 0.444. The Kier molecular flexibility index (Phi) is 7.70. The van der Waals surface area contributed by atoms with Crippen LogP contribution in [0.4, 0.5) is 0 Å². The number of benzene rings is 2. The molecular formula is C36H41N5O3. The summed E-state index contributed by atoms with van der Waals surface area (Å²) in [5.74, 6) is 0.596. The maximum atomic E-state index is 13.4. The number of pyridine rings is 1. The molecule has 2 aromatic heterocycles. The van der Waals surface area contributed by atoms with Gasteiger partial charge in [0.25, 0.3) is 5.91 Å². The van der Waals surface area contributed by atoms with Crippen LogP contribution in [-0.4, -0.2) is 75.0 Å². The topological polar surface area (TPSA) is 80.6 Å². The number of rotatable bonds is 7. The molecule has 1 amide bonds. The number of methoxy groups -OCH3 is 1. The Hall–Kier alpha value is -4.04. The monoisotopic (exact) mass is 591 g/mol. The largest absolute Gasteiger partial charge is 0.465 e. The third kappa shape index (κ3) is 5.19. The molecule has 44 heavy (non-hydrogen) atoms. The lowest BCUT2D eigenvalue weighted by molar-refractivity contribution is 0.0586. The van der Waals surface area contributed by atoms with Gasteiger partial charge in [-0.3, -0.25) is 14.7 Å². The number of aromatic nitrogens is 3. The molecule has 3 atom stereocenters. The predicted octanol–water partition coefficient (Wildman–Crippen LogP) is 5.96. The van der Waals surface area contributed by atoms with E-state index in [-0.39, 0.29) is 11.3 Å². The first-order chi connectivity index (χ1) is 21.5. The number of aryl methyl sites for hydroxylation is 1. The van der Waals surface area contributed by atoms with Crippen molar-refractivity contribution < 1.29 is 14.3 Å². The molecule has 1 unspecified atom stereocenters. The third-order valence-electron chi connectivity index (χ3n) is 10.6. The number of fused-ring (bicyclic) bond motifs is 3. The zero-order valence-electron chi connectivity index (χ0n) is 25.7. The highest BCUT2D eigenvalue weighted by Gasteiger charge is 2.44. The minimum Gasteiger partial charge on any atom is -0.465 e. The number of likely N-dealkylation sites (tertiary alicyclic amines) is 1. The Bertz CT molecular complexity index is 1630. The molecule has 0 aliphatic carbocycles. The molecule has 0 spiro atoms. The van der Waals surface area contributed by atoms with E-state index in [1.54, 1.807) is 12.1 Å². The van der Waals surface area contributed by atoms with Crippen molar-refractivity contribution in [3.63, 3.8) is 0 Å². The summed E-state index contributed by atoms with van der Waals surface area (Å²) in [4.78, 5) is 39.0. The van der Waals surface area contributed by atoms with Crippen LogP contribution in [0.3, 0.4) is 0 Å². The van der Waals surface area contributed by atoms with Gasteiger partial charge in [0.2, 0.25) is 0 Å². The summed E-state index contributed by atoms with van der Waals surface area (Å²) in [6, 6.07) is 24.4. The Morgan fingerprint density at radius 1 is 0.909 bits per heavy atom. The fourth-order valence-corrected chi connectivity index (χ4v) is 8.32. The second-order valence-corrected chi connectivity index (χ2v) is 12.9. The average Bonchev–Trinajstić information content (AvgIpc) is 3.53. The van der Waals surface area contributed by atoms with Crippen LogP contribution >= 0.6 is 0 Å². The lowest BCUT2D eigenvalue weighted by atomic mass is 9.70. The molecule has 8 heteroatoms. The summed E-state index contributed by atoms with van der Waals surface area (Å²) in [6.07, 6.45) is 9.27. The number of piperidine rings is 2. The van der Waals surface area contributed by atoms with Crippen LogP contribution < -0.4 is 0 Å². The summed E-state index contributed by atoms with van der Waals surface area (Å²) < 4.78 is 7.27. The molecule has 2 bridgehead atoms. The first-order valence-corrected chi connectivity index (χ1v) is 16.0. The summed E-state index contributed by atoms with van der Waals surface area (Å²) >= 11 is 0. The molecule has 3 fully saturated rings. The molecule has 0 saturated carbocycles. The smallest absolute Gasteiger partial charge is 0.339 e. The summed E-state index contributed by atoms with van der Waals surface area (Å²) in [6.45, 7) is 4.62. The number of hydrogen-bond acceptors (Lipinski definition) is 6. The summed E-state index contributed by atoms with van der Waals surface area (Å²) in [7, 11) is 1.34. The van der Waals surface area contributed by atoms with Crippen molar-refractivity contribution in [2.45, 2.75) is 75.4 Å². The van der Waals surface area contributed by atoms with E-state index in [0.29, 0.717) is 42.5 Å².